The Morgan fingerprint density at radius 3 is 2.43 bits per heavy atom. The molecule has 2 aliphatic heterocycles. The number of carbonyl (C=O) groups is 2. The molecule has 2 aromatic carbocycles. The van der Waals surface area contributed by atoms with E-state index in [-0.39, 0.29) is 5.06 Å². The number of carbonyl (C=O) groups excluding carboxylic acids is 2. The fourth-order valence-corrected chi connectivity index (χ4v) is 4.24. The van der Waals surface area contributed by atoms with Crippen LogP contribution in [-0.4, -0.2) is 35.2 Å². The van der Waals surface area contributed by atoms with E-state index in [1.165, 1.54) is 6.42 Å². The third-order valence-corrected chi connectivity index (χ3v) is 5.21. The van der Waals surface area contributed by atoms with Crippen molar-refractivity contribution in [2.75, 3.05) is 18.0 Å². The van der Waals surface area contributed by atoms with Crippen molar-refractivity contribution in [3.05, 3.63) is 39.9 Å². The van der Waals surface area contributed by atoms with Crippen molar-refractivity contribution < 1.29 is 14.8 Å². The summed E-state index contributed by atoms with van der Waals surface area (Å²) in [5.41, 5.74) is 1.74. The summed E-state index contributed by atoms with van der Waals surface area (Å²) in [6.07, 6.45) is 3.50. The third-order valence-electron chi connectivity index (χ3n) is 4.60. The van der Waals surface area contributed by atoms with Gasteiger partial charge in [-0.25, -0.2) is 0 Å². The Kier molecular flexibility index (Phi) is 3.39. The van der Waals surface area contributed by atoms with Crippen LogP contribution in [0.25, 0.3) is 10.8 Å². The Bertz CT molecular complexity index is 843. The predicted octanol–water partition coefficient (Wildman–Crippen LogP) is 3.58. The molecule has 2 heterocycles. The molecule has 6 heteroatoms. The highest BCUT2D eigenvalue weighted by Crippen LogP contribution is 2.41. The van der Waals surface area contributed by atoms with Crippen LogP contribution >= 0.6 is 15.9 Å². The van der Waals surface area contributed by atoms with Crippen molar-refractivity contribution >= 4 is 44.2 Å². The first-order chi connectivity index (χ1) is 11.1. The van der Waals surface area contributed by atoms with Crippen molar-refractivity contribution in [3.8, 4) is 0 Å². The average molecular weight is 375 g/mol. The maximum atomic E-state index is 12.3. The van der Waals surface area contributed by atoms with Gasteiger partial charge in [-0.3, -0.25) is 14.8 Å². The Morgan fingerprint density at radius 1 is 1.00 bits per heavy atom. The van der Waals surface area contributed by atoms with Gasteiger partial charge in [0.2, 0.25) is 0 Å². The van der Waals surface area contributed by atoms with Crippen molar-refractivity contribution in [1.82, 2.24) is 5.06 Å². The van der Waals surface area contributed by atoms with Crippen LogP contribution in [0, 0.1) is 0 Å². The first-order valence-corrected chi connectivity index (χ1v) is 8.46. The van der Waals surface area contributed by atoms with E-state index in [4.69, 9.17) is 0 Å². The van der Waals surface area contributed by atoms with Crippen LogP contribution in [0.15, 0.2) is 28.7 Å². The minimum atomic E-state index is -0.676. The maximum Gasteiger partial charge on any atom is 0.285 e. The Labute approximate surface area is 141 Å². The fraction of sp³-hybridized carbons (Fsp3) is 0.294. The summed E-state index contributed by atoms with van der Waals surface area (Å²) in [6, 6.07) is 7.10. The molecule has 23 heavy (non-hydrogen) atoms. The zero-order chi connectivity index (χ0) is 16.1. The molecule has 0 spiro atoms. The molecular weight excluding hydrogens is 360 g/mol. The lowest BCUT2D eigenvalue weighted by Crippen LogP contribution is -2.38. The molecule has 2 amide bonds. The number of nitrogens with zero attached hydrogens (tertiary/aromatic N) is 2. The summed E-state index contributed by atoms with van der Waals surface area (Å²) < 4.78 is 0.815. The largest absolute Gasteiger partial charge is 0.370 e. The van der Waals surface area contributed by atoms with Gasteiger partial charge >= 0.3 is 0 Å². The van der Waals surface area contributed by atoms with E-state index in [0.29, 0.717) is 16.5 Å². The molecule has 5 nitrogen and oxygen atoms in total. The van der Waals surface area contributed by atoms with Gasteiger partial charge in [0, 0.05) is 28.3 Å². The number of piperidine rings is 1. The normalized spacial score (nSPS) is 18.0. The second-order valence-electron chi connectivity index (χ2n) is 5.95. The van der Waals surface area contributed by atoms with Crippen LogP contribution in [0.4, 0.5) is 5.69 Å². The lowest BCUT2D eigenvalue weighted by Gasteiger charge is -2.32. The van der Waals surface area contributed by atoms with Gasteiger partial charge in [-0.15, -0.1) is 5.06 Å². The lowest BCUT2D eigenvalue weighted by molar-refractivity contribution is -0.0377. The fourth-order valence-electron chi connectivity index (χ4n) is 3.54. The Hall–Kier alpha value is -1.92. The molecule has 0 radical (unpaired) electrons. The smallest absolute Gasteiger partial charge is 0.285 e. The molecular formula is C17H15BrN2O3. The van der Waals surface area contributed by atoms with Crippen LogP contribution in [0.1, 0.15) is 40.0 Å². The monoisotopic (exact) mass is 374 g/mol. The predicted molar refractivity (Wildman–Crippen MR) is 90.0 cm³/mol. The molecule has 0 aromatic heterocycles. The summed E-state index contributed by atoms with van der Waals surface area (Å²) in [4.78, 5) is 26.8. The molecule has 4 rings (SSSR count). The lowest BCUT2D eigenvalue weighted by atomic mass is 9.93. The van der Waals surface area contributed by atoms with Gasteiger partial charge in [0.25, 0.3) is 11.8 Å². The van der Waals surface area contributed by atoms with E-state index in [1.54, 1.807) is 18.2 Å². The summed E-state index contributed by atoms with van der Waals surface area (Å²) in [7, 11) is 0. The standard InChI is InChI=1S/C17H15BrN2O3/c18-13-9-12-14-10(15(13)19-7-2-1-3-8-19)5-4-6-11(14)16(21)20(23)17(12)22/h4-6,9,23H,1-3,7-8H2. The van der Waals surface area contributed by atoms with Crippen molar-refractivity contribution in [1.29, 1.82) is 0 Å². The molecule has 0 bridgehead atoms. The van der Waals surface area contributed by atoms with E-state index in [9.17, 15) is 14.8 Å². The van der Waals surface area contributed by atoms with Gasteiger partial charge in [0.15, 0.2) is 0 Å². The van der Waals surface area contributed by atoms with Gasteiger partial charge in [0.05, 0.1) is 16.8 Å². The van der Waals surface area contributed by atoms with E-state index in [2.05, 4.69) is 20.8 Å². The summed E-state index contributed by atoms with van der Waals surface area (Å²) >= 11 is 3.58. The quantitative estimate of drug-likeness (QED) is 0.612. The van der Waals surface area contributed by atoms with Gasteiger partial charge in [-0.2, -0.15) is 0 Å². The molecule has 0 unspecified atom stereocenters. The van der Waals surface area contributed by atoms with E-state index < -0.39 is 11.8 Å². The molecule has 1 saturated heterocycles. The number of anilines is 1. The van der Waals surface area contributed by atoms with Crippen LogP contribution in [-0.2, 0) is 0 Å². The summed E-state index contributed by atoms with van der Waals surface area (Å²) in [5.74, 6) is -1.34. The highest BCUT2D eigenvalue weighted by Gasteiger charge is 2.34. The number of imide groups is 1. The van der Waals surface area contributed by atoms with Crippen LogP contribution in [0.3, 0.4) is 0 Å². The SMILES string of the molecule is O=C1c2cccc3c(N4CCCCC4)c(Br)cc(c23)C(=O)N1O. The molecule has 0 saturated carbocycles. The zero-order valence-electron chi connectivity index (χ0n) is 12.4. The maximum absolute atomic E-state index is 12.3. The highest BCUT2D eigenvalue weighted by molar-refractivity contribution is 9.10. The number of benzene rings is 2. The topological polar surface area (TPSA) is 60.9 Å². The number of halogens is 1. The minimum Gasteiger partial charge on any atom is -0.370 e. The molecule has 2 aromatic rings. The van der Waals surface area contributed by atoms with E-state index in [1.807, 2.05) is 6.07 Å². The average Bonchev–Trinajstić information content (AvgIpc) is 2.58. The molecule has 1 fully saturated rings. The minimum absolute atomic E-state index is 0.199. The van der Waals surface area contributed by atoms with Crippen molar-refractivity contribution in [3.63, 3.8) is 0 Å². The number of hydroxylamine groups is 2. The van der Waals surface area contributed by atoms with Gasteiger partial charge in [-0.05, 0) is 47.3 Å². The molecule has 0 atom stereocenters. The van der Waals surface area contributed by atoms with Crippen LogP contribution in [0.5, 0.6) is 0 Å². The van der Waals surface area contributed by atoms with Crippen LogP contribution < -0.4 is 4.90 Å². The highest BCUT2D eigenvalue weighted by atomic mass is 79.9. The molecule has 1 N–H and O–H groups in total. The van der Waals surface area contributed by atoms with E-state index >= 15 is 0 Å². The summed E-state index contributed by atoms with van der Waals surface area (Å²) in [6.45, 7) is 1.93. The number of amides is 2. The molecule has 2 aliphatic rings. The third kappa shape index (κ3) is 2.09. The van der Waals surface area contributed by atoms with Crippen molar-refractivity contribution in [2.24, 2.45) is 0 Å². The number of hydrogen-bond acceptors (Lipinski definition) is 4. The van der Waals surface area contributed by atoms with E-state index in [0.717, 1.165) is 41.5 Å². The number of hydrogen-bond donors (Lipinski definition) is 1. The van der Waals surface area contributed by atoms with Gasteiger partial charge < -0.3 is 4.90 Å². The van der Waals surface area contributed by atoms with Crippen molar-refractivity contribution in [2.45, 2.75) is 19.3 Å². The van der Waals surface area contributed by atoms with Crippen LogP contribution in [0.2, 0.25) is 0 Å². The Morgan fingerprint density at radius 2 is 1.70 bits per heavy atom. The first kappa shape index (κ1) is 14.7. The second kappa shape index (κ2) is 5.32. The Balaban J connectivity index is 2.04. The van der Waals surface area contributed by atoms with Gasteiger partial charge in [-0.1, -0.05) is 12.1 Å². The molecule has 0 aliphatic carbocycles. The summed E-state index contributed by atoms with van der Waals surface area (Å²) in [5, 5.41) is 11.5. The van der Waals surface area contributed by atoms with Gasteiger partial charge in [0.1, 0.15) is 0 Å². The second-order valence-corrected chi connectivity index (χ2v) is 6.81. The zero-order valence-corrected chi connectivity index (χ0v) is 14.0. The molecule has 118 valence electrons. The number of rotatable bonds is 1. The first-order valence-electron chi connectivity index (χ1n) is 7.67.